The van der Waals surface area contributed by atoms with Crippen LogP contribution < -0.4 is 5.32 Å². The van der Waals surface area contributed by atoms with Gasteiger partial charge in [-0.05, 0) is 43.3 Å². The number of anilines is 2. The first kappa shape index (κ1) is 16.5. The Labute approximate surface area is 163 Å². The zero-order valence-corrected chi connectivity index (χ0v) is 15.6. The summed E-state index contributed by atoms with van der Waals surface area (Å²) in [4.78, 5) is 9.69. The van der Waals surface area contributed by atoms with Gasteiger partial charge < -0.3 is 5.32 Å². The van der Waals surface area contributed by atoms with E-state index in [4.69, 9.17) is 9.97 Å². The van der Waals surface area contributed by atoms with Gasteiger partial charge >= 0.3 is 0 Å². The van der Waals surface area contributed by atoms with Crippen molar-refractivity contribution < 1.29 is 0 Å². The lowest BCUT2D eigenvalue weighted by Gasteiger charge is -2.12. The highest BCUT2D eigenvalue weighted by molar-refractivity contribution is 5.95. The van der Waals surface area contributed by atoms with Crippen LogP contribution in [0.5, 0.6) is 0 Å². The molecule has 0 spiro atoms. The SMILES string of the molecule is Cc1ccc(Nc2cc(-c3ccc4ccccc4n3)nc3ccccc23)cc1. The lowest BCUT2D eigenvalue weighted by molar-refractivity contribution is 1.32. The minimum atomic E-state index is 0.860. The number of nitrogens with zero attached hydrogens (tertiary/aromatic N) is 2. The number of benzene rings is 3. The summed E-state index contributed by atoms with van der Waals surface area (Å²) in [7, 11) is 0. The van der Waals surface area contributed by atoms with Crippen LogP contribution in [0.3, 0.4) is 0 Å². The van der Waals surface area contributed by atoms with Crippen molar-refractivity contribution in [1.82, 2.24) is 9.97 Å². The molecule has 0 fully saturated rings. The molecule has 0 radical (unpaired) electrons. The van der Waals surface area contributed by atoms with E-state index in [-0.39, 0.29) is 0 Å². The van der Waals surface area contributed by atoms with Crippen LogP contribution in [0, 0.1) is 6.92 Å². The molecule has 0 saturated heterocycles. The van der Waals surface area contributed by atoms with E-state index >= 15 is 0 Å². The van der Waals surface area contributed by atoms with Crippen molar-refractivity contribution in [3.05, 3.63) is 96.6 Å². The van der Waals surface area contributed by atoms with Gasteiger partial charge in [0, 0.05) is 16.5 Å². The summed E-state index contributed by atoms with van der Waals surface area (Å²) in [5.41, 5.74) is 6.98. The molecule has 0 bridgehead atoms. The minimum absolute atomic E-state index is 0.860. The van der Waals surface area contributed by atoms with E-state index in [1.807, 2.05) is 42.5 Å². The average Bonchev–Trinajstić information content (AvgIpc) is 2.75. The van der Waals surface area contributed by atoms with Crippen LogP contribution in [0.15, 0.2) is 91.0 Å². The number of aryl methyl sites for hydroxylation is 1. The van der Waals surface area contributed by atoms with Crippen LogP contribution in [-0.4, -0.2) is 9.97 Å². The maximum Gasteiger partial charge on any atom is 0.0914 e. The molecule has 5 rings (SSSR count). The molecule has 0 saturated carbocycles. The van der Waals surface area contributed by atoms with Gasteiger partial charge in [0.25, 0.3) is 0 Å². The molecule has 5 aromatic rings. The quantitative estimate of drug-likeness (QED) is 0.398. The summed E-state index contributed by atoms with van der Waals surface area (Å²) in [5.74, 6) is 0. The van der Waals surface area contributed by atoms with E-state index in [0.717, 1.165) is 44.6 Å². The number of pyridine rings is 2. The van der Waals surface area contributed by atoms with Gasteiger partial charge in [-0.25, -0.2) is 9.97 Å². The third-order valence-corrected chi connectivity index (χ3v) is 4.91. The van der Waals surface area contributed by atoms with Gasteiger partial charge in [0.1, 0.15) is 0 Å². The maximum absolute atomic E-state index is 4.87. The van der Waals surface area contributed by atoms with E-state index in [9.17, 15) is 0 Å². The fourth-order valence-corrected chi connectivity index (χ4v) is 3.41. The van der Waals surface area contributed by atoms with E-state index in [0.29, 0.717) is 0 Å². The molecule has 28 heavy (non-hydrogen) atoms. The van der Waals surface area contributed by atoms with Gasteiger partial charge in [-0.2, -0.15) is 0 Å². The standard InChI is InChI=1S/C25H19N3/c1-17-10-13-19(14-11-17)26-24-16-25(28-22-9-5-3-7-20(22)24)23-15-12-18-6-2-4-8-21(18)27-23/h2-16H,1H3,(H,26,28). The molecular weight excluding hydrogens is 342 g/mol. The monoisotopic (exact) mass is 361 g/mol. The minimum Gasteiger partial charge on any atom is -0.355 e. The average molecular weight is 361 g/mol. The largest absolute Gasteiger partial charge is 0.355 e. The van der Waals surface area contributed by atoms with Crippen molar-refractivity contribution in [2.24, 2.45) is 0 Å². The molecular formula is C25H19N3. The van der Waals surface area contributed by atoms with Gasteiger partial charge in [-0.15, -0.1) is 0 Å². The number of hydrogen-bond donors (Lipinski definition) is 1. The summed E-state index contributed by atoms with van der Waals surface area (Å²) in [6, 6.07) is 31.0. The molecule has 3 heteroatoms. The lowest BCUT2D eigenvalue weighted by Crippen LogP contribution is -1.96. The first-order valence-electron chi connectivity index (χ1n) is 9.36. The Balaban J connectivity index is 1.65. The Morgan fingerprint density at radius 1 is 0.643 bits per heavy atom. The summed E-state index contributed by atoms with van der Waals surface area (Å²) < 4.78 is 0. The summed E-state index contributed by atoms with van der Waals surface area (Å²) in [6.07, 6.45) is 0. The summed E-state index contributed by atoms with van der Waals surface area (Å²) in [5, 5.41) is 5.77. The van der Waals surface area contributed by atoms with Crippen LogP contribution >= 0.6 is 0 Å². The molecule has 134 valence electrons. The van der Waals surface area contributed by atoms with Crippen LogP contribution in [0.4, 0.5) is 11.4 Å². The van der Waals surface area contributed by atoms with E-state index in [1.54, 1.807) is 0 Å². The maximum atomic E-state index is 4.87. The van der Waals surface area contributed by atoms with Crippen LogP contribution in [0.25, 0.3) is 33.2 Å². The number of fused-ring (bicyclic) bond motifs is 2. The van der Waals surface area contributed by atoms with Crippen molar-refractivity contribution in [3.63, 3.8) is 0 Å². The van der Waals surface area contributed by atoms with Gasteiger partial charge in [-0.3, -0.25) is 0 Å². The van der Waals surface area contributed by atoms with E-state index in [1.165, 1.54) is 5.56 Å². The fourth-order valence-electron chi connectivity index (χ4n) is 3.41. The second kappa shape index (κ2) is 6.78. The molecule has 0 amide bonds. The van der Waals surface area contributed by atoms with Crippen LogP contribution in [0.1, 0.15) is 5.56 Å². The zero-order chi connectivity index (χ0) is 18.9. The third-order valence-electron chi connectivity index (χ3n) is 4.91. The summed E-state index contributed by atoms with van der Waals surface area (Å²) in [6.45, 7) is 2.09. The highest BCUT2D eigenvalue weighted by Gasteiger charge is 2.09. The molecule has 0 atom stereocenters. The topological polar surface area (TPSA) is 37.8 Å². The van der Waals surface area contributed by atoms with Crippen molar-refractivity contribution in [2.75, 3.05) is 5.32 Å². The van der Waals surface area contributed by atoms with Crippen LogP contribution in [-0.2, 0) is 0 Å². The number of para-hydroxylation sites is 2. The Kier molecular flexibility index (Phi) is 3.99. The number of hydrogen-bond acceptors (Lipinski definition) is 3. The lowest BCUT2D eigenvalue weighted by atomic mass is 10.1. The first-order valence-corrected chi connectivity index (χ1v) is 9.36. The van der Waals surface area contributed by atoms with Crippen molar-refractivity contribution in [3.8, 4) is 11.4 Å². The summed E-state index contributed by atoms with van der Waals surface area (Å²) >= 11 is 0. The molecule has 1 N–H and O–H groups in total. The Bertz CT molecular complexity index is 1290. The Morgan fingerprint density at radius 2 is 1.36 bits per heavy atom. The number of nitrogens with one attached hydrogen (secondary N) is 1. The Hall–Kier alpha value is -3.72. The molecule has 2 aromatic heterocycles. The highest BCUT2D eigenvalue weighted by Crippen LogP contribution is 2.30. The van der Waals surface area contributed by atoms with E-state index in [2.05, 4.69) is 60.8 Å². The van der Waals surface area contributed by atoms with Gasteiger partial charge in [0.05, 0.1) is 28.1 Å². The first-order chi connectivity index (χ1) is 13.8. The Morgan fingerprint density at radius 3 is 2.21 bits per heavy atom. The molecule has 0 aliphatic heterocycles. The zero-order valence-electron chi connectivity index (χ0n) is 15.6. The van der Waals surface area contributed by atoms with Crippen molar-refractivity contribution >= 4 is 33.2 Å². The molecule has 0 aliphatic rings. The fraction of sp³-hybridized carbons (Fsp3) is 0.0400. The molecule has 3 nitrogen and oxygen atoms in total. The predicted molar refractivity (Wildman–Crippen MR) is 117 cm³/mol. The smallest absolute Gasteiger partial charge is 0.0914 e. The number of rotatable bonds is 3. The third kappa shape index (κ3) is 3.08. The van der Waals surface area contributed by atoms with Gasteiger partial charge in [0.2, 0.25) is 0 Å². The predicted octanol–water partition coefficient (Wildman–Crippen LogP) is 6.50. The molecule has 3 aromatic carbocycles. The van der Waals surface area contributed by atoms with E-state index < -0.39 is 0 Å². The normalized spacial score (nSPS) is 11.0. The second-order valence-corrected chi connectivity index (χ2v) is 6.95. The van der Waals surface area contributed by atoms with Crippen molar-refractivity contribution in [1.29, 1.82) is 0 Å². The molecule has 0 unspecified atom stereocenters. The molecule has 0 aliphatic carbocycles. The molecule has 2 heterocycles. The highest BCUT2D eigenvalue weighted by atomic mass is 14.9. The van der Waals surface area contributed by atoms with Crippen LogP contribution in [0.2, 0.25) is 0 Å². The van der Waals surface area contributed by atoms with Crippen molar-refractivity contribution in [2.45, 2.75) is 6.92 Å². The van der Waals surface area contributed by atoms with Gasteiger partial charge in [-0.1, -0.05) is 60.2 Å². The number of aromatic nitrogens is 2. The second-order valence-electron chi connectivity index (χ2n) is 6.95. The van der Waals surface area contributed by atoms with Gasteiger partial charge in [0.15, 0.2) is 0 Å².